The Kier molecular flexibility index (Phi) is 11.9. The average molecular weight is 673 g/mol. The van der Waals surface area contributed by atoms with Crippen LogP contribution in [0.2, 0.25) is 5.02 Å². The fraction of sp³-hybridized carbons (Fsp3) is 0.286. The number of benzene rings is 4. The number of halogens is 4. The highest BCUT2D eigenvalue weighted by molar-refractivity contribution is 7.88. The smallest absolute Gasteiger partial charge is 0.417 e. The zero-order chi connectivity index (χ0) is 33.3. The molecule has 0 fully saturated rings. The number of sulfonamides is 1. The maximum Gasteiger partial charge on any atom is 0.417 e. The van der Waals surface area contributed by atoms with Crippen LogP contribution in [-0.2, 0) is 34.0 Å². The molecule has 0 saturated carbocycles. The number of carbonyl (C=O) groups excluding carboxylic acids is 1. The van der Waals surface area contributed by atoms with Crippen LogP contribution in [0.1, 0.15) is 40.2 Å². The van der Waals surface area contributed by atoms with Gasteiger partial charge in [0.15, 0.2) is 0 Å². The molecule has 1 amide bonds. The number of hydrogen-bond donors (Lipinski definition) is 0. The Morgan fingerprint density at radius 1 is 0.891 bits per heavy atom. The summed E-state index contributed by atoms with van der Waals surface area (Å²) in [6.45, 7) is 1.52. The van der Waals surface area contributed by atoms with E-state index in [-0.39, 0.29) is 23.9 Å². The summed E-state index contributed by atoms with van der Waals surface area (Å²) in [5, 5.41) is -0.305. The van der Waals surface area contributed by atoms with Crippen LogP contribution in [0.25, 0.3) is 0 Å². The van der Waals surface area contributed by atoms with E-state index in [4.69, 9.17) is 16.3 Å². The van der Waals surface area contributed by atoms with E-state index in [1.54, 1.807) is 30.3 Å². The Bertz CT molecular complexity index is 1660. The summed E-state index contributed by atoms with van der Waals surface area (Å²) in [5.74, 6) is -0.0895. The third-order valence-corrected chi connectivity index (χ3v) is 9.26. The molecule has 0 atom stereocenters. The summed E-state index contributed by atoms with van der Waals surface area (Å²) in [7, 11) is -2.43. The third-order valence-electron chi connectivity index (χ3n) is 7.61. The Hall–Kier alpha value is -3.86. The molecule has 11 heteroatoms. The molecule has 46 heavy (non-hydrogen) atoms. The minimum absolute atomic E-state index is 0.0489. The van der Waals surface area contributed by atoms with E-state index in [1.165, 1.54) is 13.1 Å². The average Bonchev–Trinajstić information content (AvgIpc) is 3.02. The molecule has 0 saturated heterocycles. The van der Waals surface area contributed by atoms with Crippen molar-refractivity contribution in [2.24, 2.45) is 0 Å². The van der Waals surface area contributed by atoms with E-state index in [0.717, 1.165) is 23.4 Å². The highest BCUT2D eigenvalue weighted by Gasteiger charge is 2.34. The molecule has 6 nitrogen and oxygen atoms in total. The van der Waals surface area contributed by atoms with E-state index in [2.05, 4.69) is 4.90 Å². The van der Waals surface area contributed by atoms with Crippen molar-refractivity contribution in [2.45, 2.75) is 31.5 Å². The van der Waals surface area contributed by atoms with Gasteiger partial charge in [0.1, 0.15) is 5.75 Å². The fourth-order valence-corrected chi connectivity index (χ4v) is 5.85. The van der Waals surface area contributed by atoms with Crippen molar-refractivity contribution in [2.75, 3.05) is 33.0 Å². The predicted molar refractivity (Wildman–Crippen MR) is 174 cm³/mol. The third kappa shape index (κ3) is 9.82. The van der Waals surface area contributed by atoms with E-state index in [1.807, 2.05) is 60.7 Å². The van der Waals surface area contributed by atoms with Crippen molar-refractivity contribution >= 4 is 27.5 Å². The molecule has 0 aliphatic rings. The zero-order valence-corrected chi connectivity index (χ0v) is 27.2. The number of hydrogen-bond acceptors (Lipinski definition) is 5. The van der Waals surface area contributed by atoms with Crippen molar-refractivity contribution in [3.63, 3.8) is 0 Å². The fourth-order valence-electron chi connectivity index (χ4n) is 5.12. The van der Waals surface area contributed by atoms with E-state index < -0.39 is 27.7 Å². The molecule has 0 bridgehead atoms. The largest absolute Gasteiger partial charge is 0.494 e. The van der Waals surface area contributed by atoms with Crippen LogP contribution in [0.5, 0.6) is 5.75 Å². The molecule has 4 aromatic carbocycles. The monoisotopic (exact) mass is 672 g/mol. The summed E-state index contributed by atoms with van der Waals surface area (Å²) < 4.78 is 71.1. The van der Waals surface area contributed by atoms with Gasteiger partial charge in [-0.3, -0.25) is 9.69 Å². The van der Waals surface area contributed by atoms with E-state index in [9.17, 15) is 26.4 Å². The minimum Gasteiger partial charge on any atom is -0.494 e. The SMILES string of the molecule is CN(C(=O)Cc1cccc(OCCCN(Cc2cccc(C(F)(F)F)c2Cl)CC(c2ccccc2)c2ccccc2)c1)S(C)(=O)=O. The topological polar surface area (TPSA) is 66.9 Å². The summed E-state index contributed by atoms with van der Waals surface area (Å²) in [6.07, 6.45) is -3.15. The Labute approximate surface area is 273 Å². The molecule has 0 radical (unpaired) electrons. The minimum atomic E-state index is -4.57. The Morgan fingerprint density at radius 3 is 2.09 bits per heavy atom. The van der Waals surface area contributed by atoms with Gasteiger partial charge in [0.25, 0.3) is 0 Å². The van der Waals surface area contributed by atoms with Crippen LogP contribution in [0.3, 0.4) is 0 Å². The number of carbonyl (C=O) groups is 1. The van der Waals surface area contributed by atoms with Crippen LogP contribution in [0, 0.1) is 0 Å². The van der Waals surface area contributed by atoms with Crippen molar-refractivity contribution in [3.8, 4) is 5.75 Å². The van der Waals surface area contributed by atoms with Gasteiger partial charge in [-0.05, 0) is 46.9 Å². The summed E-state index contributed by atoms with van der Waals surface area (Å²) in [5.41, 5.74) is 2.29. The van der Waals surface area contributed by atoms with Gasteiger partial charge >= 0.3 is 6.18 Å². The van der Waals surface area contributed by atoms with Crippen molar-refractivity contribution < 1.29 is 31.1 Å². The van der Waals surface area contributed by atoms with Crippen LogP contribution in [-0.4, -0.2) is 56.5 Å². The van der Waals surface area contributed by atoms with Crippen molar-refractivity contribution in [1.29, 1.82) is 0 Å². The second-order valence-corrected chi connectivity index (χ2v) is 13.4. The van der Waals surface area contributed by atoms with Crippen LogP contribution in [0.15, 0.2) is 103 Å². The van der Waals surface area contributed by atoms with Gasteiger partial charge in [-0.15, -0.1) is 0 Å². The second-order valence-electron chi connectivity index (χ2n) is 11.0. The highest BCUT2D eigenvalue weighted by Crippen LogP contribution is 2.37. The Balaban J connectivity index is 1.51. The van der Waals surface area contributed by atoms with Gasteiger partial charge in [-0.1, -0.05) is 96.5 Å². The van der Waals surface area contributed by atoms with Crippen LogP contribution >= 0.6 is 11.6 Å². The maximum atomic E-state index is 13.7. The first kappa shape index (κ1) is 35.0. The number of nitrogens with zero attached hydrogens (tertiary/aromatic N) is 2. The molecular weight excluding hydrogens is 637 g/mol. The zero-order valence-electron chi connectivity index (χ0n) is 25.6. The molecule has 244 valence electrons. The standard InChI is InChI=1S/C35H36ClF3N2O4S/c1-40(46(2,43)44)33(42)23-26-12-9-18-30(22-26)45-21-11-20-41(24-29-17-10-19-32(34(29)36)35(37,38)39)25-31(27-13-5-3-6-14-27)28-15-7-4-8-16-28/h3-10,12-19,22,31H,11,20-21,23-25H2,1-2H3. The second kappa shape index (κ2) is 15.6. The summed E-state index contributed by atoms with van der Waals surface area (Å²) >= 11 is 6.31. The van der Waals surface area contributed by atoms with Gasteiger partial charge in [0.05, 0.1) is 29.9 Å². The number of alkyl halides is 3. The molecule has 4 aromatic rings. The van der Waals surface area contributed by atoms with Crippen molar-refractivity contribution in [3.05, 3.63) is 136 Å². The lowest BCUT2D eigenvalue weighted by Crippen LogP contribution is -2.33. The normalized spacial score (nSPS) is 12.0. The molecule has 0 aliphatic carbocycles. The first-order valence-electron chi connectivity index (χ1n) is 14.7. The van der Waals surface area contributed by atoms with Gasteiger partial charge < -0.3 is 4.74 Å². The lowest BCUT2D eigenvalue weighted by Gasteiger charge is -2.29. The summed E-state index contributed by atoms with van der Waals surface area (Å²) in [6, 6.07) is 30.8. The first-order chi connectivity index (χ1) is 21.8. The maximum absolute atomic E-state index is 13.7. The Morgan fingerprint density at radius 2 is 1.50 bits per heavy atom. The lowest BCUT2D eigenvalue weighted by atomic mass is 9.90. The first-order valence-corrected chi connectivity index (χ1v) is 16.9. The molecule has 0 unspecified atom stereocenters. The molecule has 4 rings (SSSR count). The quantitative estimate of drug-likeness (QED) is 0.131. The van der Waals surface area contributed by atoms with E-state index >= 15 is 0 Å². The number of ether oxygens (including phenoxy) is 1. The molecule has 0 spiro atoms. The van der Waals surface area contributed by atoms with Crippen LogP contribution < -0.4 is 4.74 Å². The van der Waals surface area contributed by atoms with Gasteiger partial charge in [-0.2, -0.15) is 13.2 Å². The number of likely N-dealkylation sites (N-methyl/N-ethyl adjacent to an activating group) is 1. The molecule has 0 N–H and O–H groups in total. The predicted octanol–water partition coefficient (Wildman–Crippen LogP) is 7.42. The number of amides is 1. The van der Waals surface area contributed by atoms with Gasteiger partial charge in [0.2, 0.25) is 15.9 Å². The van der Waals surface area contributed by atoms with Crippen LogP contribution in [0.4, 0.5) is 13.2 Å². The molecular formula is C35H36ClF3N2O4S. The van der Waals surface area contributed by atoms with Gasteiger partial charge in [0, 0.05) is 32.6 Å². The number of rotatable bonds is 14. The molecule has 0 aliphatic heterocycles. The van der Waals surface area contributed by atoms with Gasteiger partial charge in [-0.25, -0.2) is 12.7 Å². The lowest BCUT2D eigenvalue weighted by molar-refractivity contribution is -0.137. The molecule has 0 heterocycles. The molecule has 0 aromatic heterocycles. The van der Waals surface area contributed by atoms with E-state index in [0.29, 0.717) is 47.3 Å². The van der Waals surface area contributed by atoms with Crippen molar-refractivity contribution in [1.82, 2.24) is 9.21 Å². The summed E-state index contributed by atoms with van der Waals surface area (Å²) in [4.78, 5) is 14.5. The highest BCUT2D eigenvalue weighted by atomic mass is 35.5.